The summed E-state index contributed by atoms with van der Waals surface area (Å²) in [5.41, 5.74) is 2.67. The van der Waals surface area contributed by atoms with Crippen LogP contribution in [0.3, 0.4) is 0 Å². The van der Waals surface area contributed by atoms with Gasteiger partial charge in [-0.15, -0.1) is 0 Å². The highest BCUT2D eigenvalue weighted by atomic mass is 16.5. The van der Waals surface area contributed by atoms with Gasteiger partial charge in [0.2, 0.25) is 11.8 Å². The van der Waals surface area contributed by atoms with Crippen molar-refractivity contribution >= 4 is 5.91 Å². The molecule has 3 rings (SSSR count). The molecule has 0 radical (unpaired) electrons. The van der Waals surface area contributed by atoms with Gasteiger partial charge in [0.05, 0.1) is 26.3 Å². The average Bonchev–Trinajstić information content (AvgIpc) is 3.12. The maximum atomic E-state index is 12.6. The fourth-order valence-corrected chi connectivity index (χ4v) is 2.94. The fraction of sp³-hybridized carbons (Fsp3) is 0.304. The number of amides is 1. The van der Waals surface area contributed by atoms with Crippen molar-refractivity contribution in [3.05, 3.63) is 65.5 Å². The van der Waals surface area contributed by atoms with Crippen LogP contribution in [0.1, 0.15) is 17.0 Å². The van der Waals surface area contributed by atoms with Gasteiger partial charge in [-0.3, -0.25) is 4.79 Å². The Morgan fingerprint density at radius 3 is 2.17 bits per heavy atom. The number of rotatable bonds is 8. The van der Waals surface area contributed by atoms with Crippen molar-refractivity contribution in [2.45, 2.75) is 19.8 Å². The number of aromatic nitrogens is 1. The van der Waals surface area contributed by atoms with Gasteiger partial charge in [0.25, 0.3) is 0 Å². The van der Waals surface area contributed by atoms with E-state index in [1.54, 1.807) is 19.1 Å². The van der Waals surface area contributed by atoms with Crippen LogP contribution >= 0.6 is 0 Å². The molecule has 0 aliphatic heterocycles. The molecular weight excluding hydrogens is 368 g/mol. The summed E-state index contributed by atoms with van der Waals surface area (Å²) in [6, 6.07) is 15.4. The fourth-order valence-electron chi connectivity index (χ4n) is 2.94. The first kappa shape index (κ1) is 20.5. The van der Waals surface area contributed by atoms with Gasteiger partial charge < -0.3 is 18.8 Å². The number of methoxy groups -OCH3 is 2. The zero-order valence-electron chi connectivity index (χ0n) is 17.3. The Morgan fingerprint density at radius 1 is 1.00 bits per heavy atom. The molecule has 6 heteroatoms. The monoisotopic (exact) mass is 394 g/mol. The molecule has 0 atom stereocenters. The lowest BCUT2D eigenvalue weighted by molar-refractivity contribution is -0.129. The Hall–Kier alpha value is -3.28. The summed E-state index contributed by atoms with van der Waals surface area (Å²) >= 11 is 0. The molecule has 0 saturated carbocycles. The number of oxazole rings is 1. The Bertz CT molecular complexity index is 946. The number of benzene rings is 2. The lowest BCUT2D eigenvalue weighted by Gasteiger charge is -2.16. The van der Waals surface area contributed by atoms with Crippen LogP contribution < -0.4 is 9.47 Å². The maximum Gasteiger partial charge on any atom is 0.228 e. The van der Waals surface area contributed by atoms with Gasteiger partial charge in [0, 0.05) is 19.2 Å². The van der Waals surface area contributed by atoms with Crippen molar-refractivity contribution in [1.29, 1.82) is 0 Å². The van der Waals surface area contributed by atoms with Gasteiger partial charge in [-0.25, -0.2) is 4.98 Å². The maximum absolute atomic E-state index is 12.6. The van der Waals surface area contributed by atoms with Crippen LogP contribution in [0, 0.1) is 6.92 Å². The molecule has 0 saturated heterocycles. The highest BCUT2D eigenvalue weighted by Crippen LogP contribution is 2.24. The van der Waals surface area contributed by atoms with Crippen molar-refractivity contribution in [1.82, 2.24) is 9.88 Å². The second-order valence-electron chi connectivity index (χ2n) is 6.84. The van der Waals surface area contributed by atoms with Gasteiger partial charge in [0.15, 0.2) is 0 Å². The Kier molecular flexibility index (Phi) is 6.54. The molecule has 6 nitrogen and oxygen atoms in total. The van der Waals surface area contributed by atoms with Crippen molar-refractivity contribution in [2.24, 2.45) is 0 Å². The van der Waals surface area contributed by atoms with Crippen molar-refractivity contribution in [3.8, 4) is 23.0 Å². The number of likely N-dealkylation sites (N-methyl/N-ethyl adjacent to an activating group) is 1. The molecule has 1 amide bonds. The molecule has 0 fully saturated rings. The van der Waals surface area contributed by atoms with E-state index in [1.807, 2.05) is 62.5 Å². The highest BCUT2D eigenvalue weighted by Gasteiger charge is 2.17. The van der Waals surface area contributed by atoms with E-state index in [1.165, 1.54) is 0 Å². The number of nitrogens with zero attached hydrogens (tertiary/aromatic N) is 2. The minimum atomic E-state index is 0.0104. The first-order valence-electron chi connectivity index (χ1n) is 9.47. The minimum Gasteiger partial charge on any atom is -0.497 e. The SMILES string of the molecule is COc1ccc(CCN(C)C(=O)Cc2nc(-c3ccc(OC)cc3)oc2C)cc1. The molecule has 1 aromatic heterocycles. The average molecular weight is 394 g/mol. The Morgan fingerprint density at radius 2 is 1.59 bits per heavy atom. The third kappa shape index (κ3) is 5.16. The van der Waals surface area contributed by atoms with Crippen molar-refractivity contribution in [2.75, 3.05) is 27.8 Å². The predicted molar refractivity (Wildman–Crippen MR) is 111 cm³/mol. The summed E-state index contributed by atoms with van der Waals surface area (Å²) in [4.78, 5) is 18.9. The molecule has 1 heterocycles. The standard InChI is InChI=1S/C23H26N2O4/c1-16-21(24-23(29-16)18-7-11-20(28-4)12-8-18)15-22(26)25(2)14-13-17-5-9-19(27-3)10-6-17/h5-12H,13-15H2,1-4H3. The van der Waals surface area contributed by atoms with E-state index in [0.717, 1.165) is 29.0 Å². The minimum absolute atomic E-state index is 0.0104. The summed E-state index contributed by atoms with van der Waals surface area (Å²) in [7, 11) is 5.08. The first-order chi connectivity index (χ1) is 14.0. The molecule has 0 aliphatic rings. The number of hydrogen-bond acceptors (Lipinski definition) is 5. The van der Waals surface area contributed by atoms with Crippen molar-refractivity contribution < 1.29 is 18.7 Å². The first-order valence-corrected chi connectivity index (χ1v) is 9.47. The van der Waals surface area contributed by atoms with Gasteiger partial charge in [-0.2, -0.15) is 0 Å². The van der Waals surface area contributed by atoms with Gasteiger partial charge in [0.1, 0.15) is 17.3 Å². The van der Waals surface area contributed by atoms with E-state index >= 15 is 0 Å². The third-order valence-electron chi connectivity index (χ3n) is 4.87. The normalized spacial score (nSPS) is 10.6. The van der Waals surface area contributed by atoms with Crippen LogP contribution in [0.4, 0.5) is 0 Å². The molecule has 0 unspecified atom stereocenters. The highest BCUT2D eigenvalue weighted by molar-refractivity contribution is 5.78. The molecule has 0 spiro atoms. The Labute approximate surface area is 171 Å². The zero-order chi connectivity index (χ0) is 20.8. The topological polar surface area (TPSA) is 64.8 Å². The Balaban J connectivity index is 1.59. The number of hydrogen-bond donors (Lipinski definition) is 0. The van der Waals surface area contributed by atoms with Crippen LogP contribution in [0.25, 0.3) is 11.5 Å². The summed E-state index contributed by atoms with van der Waals surface area (Å²) in [6.45, 7) is 2.47. The molecule has 2 aromatic carbocycles. The molecule has 0 aliphatic carbocycles. The van der Waals surface area contributed by atoms with E-state index in [9.17, 15) is 4.79 Å². The van der Waals surface area contributed by atoms with Gasteiger partial charge >= 0.3 is 0 Å². The van der Waals surface area contributed by atoms with Crippen LogP contribution in [-0.4, -0.2) is 43.6 Å². The van der Waals surface area contributed by atoms with E-state index in [2.05, 4.69) is 4.98 Å². The molecule has 3 aromatic rings. The molecule has 0 bridgehead atoms. The summed E-state index contributed by atoms with van der Waals surface area (Å²) < 4.78 is 16.1. The molecular formula is C23H26N2O4. The predicted octanol–water partition coefficient (Wildman–Crippen LogP) is 3.91. The number of carbonyl (C=O) groups is 1. The van der Waals surface area contributed by atoms with Crippen LogP contribution in [0.15, 0.2) is 52.9 Å². The van der Waals surface area contributed by atoms with Crippen LogP contribution in [-0.2, 0) is 17.6 Å². The lowest BCUT2D eigenvalue weighted by atomic mass is 10.1. The molecule has 29 heavy (non-hydrogen) atoms. The van der Waals surface area contributed by atoms with Crippen molar-refractivity contribution in [3.63, 3.8) is 0 Å². The van der Waals surface area contributed by atoms with E-state index in [0.29, 0.717) is 23.9 Å². The summed E-state index contributed by atoms with van der Waals surface area (Å²) in [6.07, 6.45) is 0.992. The van der Waals surface area contributed by atoms with Crippen LogP contribution in [0.5, 0.6) is 11.5 Å². The quantitative estimate of drug-likeness (QED) is 0.580. The van der Waals surface area contributed by atoms with Crippen LogP contribution in [0.2, 0.25) is 0 Å². The number of carbonyl (C=O) groups excluding carboxylic acids is 1. The summed E-state index contributed by atoms with van der Waals surface area (Å²) in [5, 5.41) is 0. The number of ether oxygens (including phenoxy) is 2. The zero-order valence-corrected chi connectivity index (χ0v) is 17.3. The van der Waals surface area contributed by atoms with E-state index in [-0.39, 0.29) is 12.3 Å². The lowest BCUT2D eigenvalue weighted by Crippen LogP contribution is -2.30. The summed E-state index contributed by atoms with van der Waals surface area (Å²) in [5.74, 6) is 2.77. The largest absolute Gasteiger partial charge is 0.497 e. The van der Waals surface area contributed by atoms with E-state index < -0.39 is 0 Å². The second-order valence-corrected chi connectivity index (χ2v) is 6.84. The van der Waals surface area contributed by atoms with Gasteiger partial charge in [-0.05, 0) is 55.3 Å². The number of aryl methyl sites for hydroxylation is 1. The molecule has 152 valence electrons. The second kappa shape index (κ2) is 9.28. The van der Waals surface area contributed by atoms with E-state index in [4.69, 9.17) is 13.9 Å². The third-order valence-corrected chi connectivity index (χ3v) is 4.87. The van der Waals surface area contributed by atoms with Gasteiger partial charge in [-0.1, -0.05) is 12.1 Å². The molecule has 0 N–H and O–H groups in total. The smallest absolute Gasteiger partial charge is 0.228 e.